The van der Waals surface area contributed by atoms with Crippen molar-refractivity contribution in [3.05, 3.63) is 71.0 Å². The van der Waals surface area contributed by atoms with Gasteiger partial charge >= 0.3 is 0 Å². The third-order valence-corrected chi connectivity index (χ3v) is 4.30. The summed E-state index contributed by atoms with van der Waals surface area (Å²) in [5.41, 5.74) is 3.52. The molecule has 21 heavy (non-hydrogen) atoms. The molecular weight excluding hydrogens is 302 g/mol. The van der Waals surface area contributed by atoms with Crippen molar-refractivity contribution >= 4 is 23.4 Å². The van der Waals surface area contributed by atoms with E-state index < -0.39 is 0 Å². The summed E-state index contributed by atoms with van der Waals surface area (Å²) in [4.78, 5) is 0. The highest BCUT2D eigenvalue weighted by Crippen LogP contribution is 2.24. The van der Waals surface area contributed by atoms with Crippen molar-refractivity contribution in [2.75, 3.05) is 0 Å². The Balaban J connectivity index is 1.80. The van der Waals surface area contributed by atoms with Gasteiger partial charge in [-0.1, -0.05) is 59.3 Å². The zero-order valence-corrected chi connectivity index (χ0v) is 13.1. The molecule has 1 aromatic heterocycles. The highest BCUT2D eigenvalue weighted by atomic mass is 35.5. The Morgan fingerprint density at radius 3 is 2.81 bits per heavy atom. The maximum absolute atomic E-state index is 6.04. The van der Waals surface area contributed by atoms with Crippen molar-refractivity contribution in [2.24, 2.45) is 0 Å². The van der Waals surface area contributed by atoms with Crippen LogP contribution in [-0.2, 0) is 5.75 Å². The second-order valence-electron chi connectivity index (χ2n) is 4.74. The zero-order chi connectivity index (χ0) is 14.7. The van der Waals surface area contributed by atoms with E-state index in [9.17, 15) is 0 Å². The van der Waals surface area contributed by atoms with Gasteiger partial charge in [-0.2, -0.15) is 0 Å². The van der Waals surface area contributed by atoms with Crippen molar-refractivity contribution in [3.63, 3.8) is 0 Å². The Morgan fingerprint density at radius 1 is 1.14 bits per heavy atom. The van der Waals surface area contributed by atoms with E-state index in [1.54, 1.807) is 18.1 Å². The van der Waals surface area contributed by atoms with Crippen molar-refractivity contribution in [2.45, 2.75) is 17.8 Å². The van der Waals surface area contributed by atoms with Crippen LogP contribution in [0.25, 0.3) is 5.69 Å². The first-order chi connectivity index (χ1) is 10.2. The quantitative estimate of drug-likeness (QED) is 0.663. The van der Waals surface area contributed by atoms with Crippen LogP contribution in [-0.4, -0.2) is 14.8 Å². The second-order valence-corrected chi connectivity index (χ2v) is 6.12. The molecule has 0 fully saturated rings. The van der Waals surface area contributed by atoms with Crippen molar-refractivity contribution in [1.29, 1.82) is 0 Å². The molecule has 0 unspecified atom stereocenters. The number of nitrogens with zero attached hydrogens (tertiary/aromatic N) is 3. The fourth-order valence-electron chi connectivity index (χ4n) is 2.08. The Morgan fingerprint density at radius 2 is 2.00 bits per heavy atom. The van der Waals surface area contributed by atoms with Crippen LogP contribution in [0.1, 0.15) is 11.1 Å². The molecule has 3 rings (SSSR count). The fourth-order valence-corrected chi connectivity index (χ4v) is 3.13. The minimum atomic E-state index is 0.704. The van der Waals surface area contributed by atoms with Gasteiger partial charge < -0.3 is 0 Å². The molecule has 3 nitrogen and oxygen atoms in total. The van der Waals surface area contributed by atoms with E-state index in [1.165, 1.54) is 11.1 Å². The Bertz CT molecular complexity index is 755. The van der Waals surface area contributed by atoms with Gasteiger partial charge in [-0.3, -0.25) is 4.57 Å². The highest BCUT2D eigenvalue weighted by molar-refractivity contribution is 7.98. The predicted molar refractivity (Wildman–Crippen MR) is 87.1 cm³/mol. The summed E-state index contributed by atoms with van der Waals surface area (Å²) >= 11 is 7.71. The van der Waals surface area contributed by atoms with Crippen LogP contribution in [0.2, 0.25) is 5.02 Å². The van der Waals surface area contributed by atoms with Gasteiger partial charge in [-0.05, 0) is 30.7 Å². The summed E-state index contributed by atoms with van der Waals surface area (Å²) < 4.78 is 1.95. The van der Waals surface area contributed by atoms with Gasteiger partial charge in [0.05, 0.1) is 5.69 Å². The molecule has 3 aromatic rings. The molecule has 0 aliphatic heterocycles. The predicted octanol–water partition coefficient (Wildman–Crippen LogP) is 4.52. The van der Waals surface area contributed by atoms with Gasteiger partial charge in [0.15, 0.2) is 5.16 Å². The lowest BCUT2D eigenvalue weighted by Gasteiger charge is -2.07. The lowest BCUT2D eigenvalue weighted by Crippen LogP contribution is -1.95. The normalized spacial score (nSPS) is 10.8. The minimum Gasteiger partial charge on any atom is -0.277 e. The average molecular weight is 316 g/mol. The highest BCUT2D eigenvalue weighted by Gasteiger charge is 2.08. The van der Waals surface area contributed by atoms with Crippen LogP contribution >= 0.6 is 23.4 Å². The van der Waals surface area contributed by atoms with E-state index in [-0.39, 0.29) is 0 Å². The third kappa shape index (κ3) is 3.46. The van der Waals surface area contributed by atoms with Crippen LogP contribution in [0.15, 0.2) is 60.0 Å². The first-order valence-corrected chi connectivity index (χ1v) is 7.93. The third-order valence-electron chi connectivity index (χ3n) is 3.05. The minimum absolute atomic E-state index is 0.704. The number of rotatable bonds is 4. The van der Waals surface area contributed by atoms with Gasteiger partial charge in [-0.25, -0.2) is 0 Å². The van der Waals surface area contributed by atoms with E-state index >= 15 is 0 Å². The van der Waals surface area contributed by atoms with E-state index in [4.69, 9.17) is 11.6 Å². The van der Waals surface area contributed by atoms with E-state index in [0.29, 0.717) is 5.02 Å². The molecule has 0 radical (unpaired) electrons. The van der Waals surface area contributed by atoms with Gasteiger partial charge in [0, 0.05) is 10.8 Å². The lowest BCUT2D eigenvalue weighted by molar-refractivity contribution is 0.884. The molecule has 106 valence electrons. The summed E-state index contributed by atoms with van der Waals surface area (Å²) in [6.07, 6.45) is 1.71. The molecule has 0 N–H and O–H groups in total. The van der Waals surface area contributed by atoms with Crippen LogP contribution in [0.5, 0.6) is 0 Å². The first-order valence-electron chi connectivity index (χ1n) is 6.57. The smallest absolute Gasteiger partial charge is 0.195 e. The zero-order valence-electron chi connectivity index (χ0n) is 11.5. The van der Waals surface area contributed by atoms with Crippen molar-refractivity contribution in [3.8, 4) is 5.69 Å². The molecule has 0 aliphatic carbocycles. The van der Waals surface area contributed by atoms with Crippen LogP contribution < -0.4 is 0 Å². The molecule has 2 aromatic carbocycles. The first kappa shape index (κ1) is 14.2. The van der Waals surface area contributed by atoms with E-state index in [1.807, 2.05) is 28.8 Å². The average Bonchev–Trinajstić information content (AvgIpc) is 2.94. The Labute approximate surface area is 133 Å². The molecule has 0 amide bonds. The summed E-state index contributed by atoms with van der Waals surface area (Å²) in [5.74, 6) is 0.862. The van der Waals surface area contributed by atoms with Crippen molar-refractivity contribution < 1.29 is 0 Å². The SMILES string of the molecule is Cc1cccc(CSc2nncn2-c2cccc(Cl)c2)c1. The summed E-state index contributed by atoms with van der Waals surface area (Å²) in [6, 6.07) is 16.2. The summed E-state index contributed by atoms with van der Waals surface area (Å²) in [5, 5.41) is 9.76. The number of halogens is 1. The van der Waals surface area contributed by atoms with Crippen LogP contribution in [0, 0.1) is 6.92 Å². The molecule has 0 atom stereocenters. The Hall–Kier alpha value is -1.78. The molecule has 0 saturated heterocycles. The van der Waals surface area contributed by atoms with Crippen LogP contribution in [0.3, 0.4) is 0 Å². The van der Waals surface area contributed by atoms with E-state index in [2.05, 4.69) is 41.4 Å². The topological polar surface area (TPSA) is 30.7 Å². The second kappa shape index (κ2) is 6.33. The largest absolute Gasteiger partial charge is 0.277 e. The van der Waals surface area contributed by atoms with Crippen molar-refractivity contribution in [1.82, 2.24) is 14.8 Å². The molecule has 0 bridgehead atoms. The van der Waals surface area contributed by atoms with Gasteiger partial charge in [-0.15, -0.1) is 10.2 Å². The summed E-state index contributed by atoms with van der Waals surface area (Å²) in [7, 11) is 0. The molecule has 5 heteroatoms. The maximum atomic E-state index is 6.04. The number of thioether (sulfide) groups is 1. The van der Waals surface area contributed by atoms with Gasteiger partial charge in [0.2, 0.25) is 0 Å². The Kier molecular flexibility index (Phi) is 4.27. The number of aromatic nitrogens is 3. The summed E-state index contributed by atoms with van der Waals surface area (Å²) in [6.45, 7) is 2.10. The monoisotopic (exact) mass is 315 g/mol. The number of aryl methyl sites for hydroxylation is 1. The van der Waals surface area contributed by atoms with Crippen LogP contribution in [0.4, 0.5) is 0 Å². The maximum Gasteiger partial charge on any atom is 0.195 e. The van der Waals surface area contributed by atoms with Gasteiger partial charge in [0.25, 0.3) is 0 Å². The lowest BCUT2D eigenvalue weighted by atomic mass is 10.2. The molecule has 0 aliphatic rings. The molecular formula is C16H14ClN3S. The number of hydrogen-bond donors (Lipinski definition) is 0. The molecule has 0 spiro atoms. The molecule has 0 saturated carbocycles. The molecule has 1 heterocycles. The van der Waals surface area contributed by atoms with Gasteiger partial charge in [0.1, 0.15) is 6.33 Å². The van der Waals surface area contributed by atoms with E-state index in [0.717, 1.165) is 16.6 Å². The number of benzene rings is 2. The number of hydrogen-bond acceptors (Lipinski definition) is 3. The fraction of sp³-hybridized carbons (Fsp3) is 0.125. The standard InChI is InChI=1S/C16H14ClN3S/c1-12-4-2-5-13(8-12)10-21-16-19-18-11-20(16)15-7-3-6-14(17)9-15/h2-9,11H,10H2,1H3.